The summed E-state index contributed by atoms with van der Waals surface area (Å²) in [6.07, 6.45) is 1.58. The lowest BCUT2D eigenvalue weighted by molar-refractivity contribution is 0.340. The molecular formula is C21H21N3O3. The lowest BCUT2D eigenvalue weighted by atomic mass is 10.1. The van der Waals surface area contributed by atoms with Crippen molar-refractivity contribution >= 4 is 16.6 Å². The lowest BCUT2D eigenvalue weighted by Crippen LogP contribution is -2.04. The van der Waals surface area contributed by atoms with E-state index in [2.05, 4.69) is 16.4 Å². The van der Waals surface area contributed by atoms with Crippen LogP contribution >= 0.6 is 0 Å². The van der Waals surface area contributed by atoms with Crippen LogP contribution < -0.4 is 19.5 Å². The summed E-state index contributed by atoms with van der Waals surface area (Å²) in [6, 6.07) is 13.6. The number of hydrogen-bond donors (Lipinski definition) is 1. The minimum atomic E-state index is 0.483. The van der Waals surface area contributed by atoms with Crippen molar-refractivity contribution < 1.29 is 14.2 Å². The van der Waals surface area contributed by atoms with Gasteiger partial charge in [-0.1, -0.05) is 6.07 Å². The van der Waals surface area contributed by atoms with Crippen molar-refractivity contribution in [1.82, 2.24) is 4.98 Å². The van der Waals surface area contributed by atoms with Gasteiger partial charge in [-0.3, -0.25) is 4.98 Å². The number of nitrogens with zero attached hydrogens (tertiary/aromatic N) is 2. The fraction of sp³-hybridized carbons (Fsp3) is 0.238. The molecule has 0 amide bonds. The highest BCUT2D eigenvalue weighted by Crippen LogP contribution is 2.31. The summed E-state index contributed by atoms with van der Waals surface area (Å²) >= 11 is 0. The van der Waals surface area contributed by atoms with E-state index >= 15 is 0 Å². The quantitative estimate of drug-likeness (QED) is 0.680. The number of methoxy groups -OCH3 is 2. The summed E-state index contributed by atoms with van der Waals surface area (Å²) in [6.45, 7) is 3.03. The number of ether oxygens (including phenoxy) is 3. The first-order valence-corrected chi connectivity index (χ1v) is 8.60. The largest absolute Gasteiger partial charge is 0.494 e. The molecule has 6 heteroatoms. The molecule has 0 saturated carbocycles. The molecule has 0 spiro atoms. The van der Waals surface area contributed by atoms with E-state index in [1.54, 1.807) is 20.4 Å². The lowest BCUT2D eigenvalue weighted by Gasteiger charge is -2.14. The van der Waals surface area contributed by atoms with Crippen LogP contribution in [-0.2, 0) is 6.54 Å². The van der Waals surface area contributed by atoms with Gasteiger partial charge in [0.25, 0.3) is 0 Å². The smallest absolute Gasteiger partial charge is 0.161 e. The fourth-order valence-electron chi connectivity index (χ4n) is 2.88. The number of fused-ring (bicyclic) bond motifs is 1. The van der Waals surface area contributed by atoms with Crippen LogP contribution in [-0.4, -0.2) is 25.8 Å². The first-order valence-electron chi connectivity index (χ1n) is 8.60. The number of anilines is 1. The van der Waals surface area contributed by atoms with E-state index in [1.165, 1.54) is 0 Å². The summed E-state index contributed by atoms with van der Waals surface area (Å²) in [5, 5.41) is 13.7. The Morgan fingerprint density at radius 1 is 1.07 bits per heavy atom. The van der Waals surface area contributed by atoms with Crippen molar-refractivity contribution in [2.75, 3.05) is 26.1 Å². The van der Waals surface area contributed by atoms with Crippen LogP contribution in [0.3, 0.4) is 0 Å². The van der Waals surface area contributed by atoms with E-state index in [1.807, 2.05) is 43.3 Å². The van der Waals surface area contributed by atoms with Crippen LogP contribution in [0.4, 0.5) is 5.69 Å². The van der Waals surface area contributed by atoms with E-state index in [0.29, 0.717) is 30.2 Å². The van der Waals surface area contributed by atoms with Crippen molar-refractivity contribution in [3.63, 3.8) is 0 Å². The van der Waals surface area contributed by atoms with Gasteiger partial charge in [-0.15, -0.1) is 0 Å². The maximum absolute atomic E-state index is 9.50. The van der Waals surface area contributed by atoms with Crippen molar-refractivity contribution in [3.05, 3.63) is 53.7 Å². The van der Waals surface area contributed by atoms with Gasteiger partial charge in [0.1, 0.15) is 11.8 Å². The van der Waals surface area contributed by atoms with Crippen LogP contribution in [0.25, 0.3) is 10.9 Å². The molecule has 0 aliphatic heterocycles. The van der Waals surface area contributed by atoms with Crippen LogP contribution in [0, 0.1) is 11.3 Å². The van der Waals surface area contributed by atoms with Gasteiger partial charge in [-0.05, 0) is 42.8 Å². The molecule has 27 heavy (non-hydrogen) atoms. The van der Waals surface area contributed by atoms with Gasteiger partial charge < -0.3 is 19.5 Å². The second-order valence-electron chi connectivity index (χ2n) is 5.81. The average Bonchev–Trinajstić information content (AvgIpc) is 2.71. The van der Waals surface area contributed by atoms with Crippen molar-refractivity contribution in [2.24, 2.45) is 0 Å². The zero-order valence-corrected chi connectivity index (χ0v) is 15.6. The molecule has 3 rings (SSSR count). The molecule has 1 heterocycles. The average molecular weight is 363 g/mol. The van der Waals surface area contributed by atoms with Crippen molar-refractivity contribution in [2.45, 2.75) is 13.5 Å². The van der Waals surface area contributed by atoms with Gasteiger partial charge in [0.05, 0.1) is 37.6 Å². The molecule has 0 bridgehead atoms. The number of nitrogens with one attached hydrogen (secondary N) is 1. The molecule has 0 aliphatic carbocycles. The van der Waals surface area contributed by atoms with Crippen LogP contribution in [0.15, 0.2) is 42.6 Å². The van der Waals surface area contributed by atoms with Crippen LogP contribution in [0.2, 0.25) is 0 Å². The molecule has 138 valence electrons. The highest BCUT2D eigenvalue weighted by atomic mass is 16.5. The van der Waals surface area contributed by atoms with Gasteiger partial charge in [0.2, 0.25) is 0 Å². The molecule has 0 radical (unpaired) electrons. The summed E-state index contributed by atoms with van der Waals surface area (Å²) in [5.41, 5.74) is 3.02. The number of rotatable bonds is 7. The molecule has 3 aromatic rings. The highest BCUT2D eigenvalue weighted by molar-refractivity contribution is 5.94. The topological polar surface area (TPSA) is 76.4 Å². The van der Waals surface area contributed by atoms with E-state index < -0.39 is 0 Å². The van der Waals surface area contributed by atoms with Gasteiger partial charge >= 0.3 is 0 Å². The zero-order chi connectivity index (χ0) is 19.2. The molecule has 0 aliphatic rings. The first kappa shape index (κ1) is 18.3. The number of aromatic nitrogens is 1. The minimum absolute atomic E-state index is 0.483. The Balaban J connectivity index is 1.95. The summed E-state index contributed by atoms with van der Waals surface area (Å²) in [7, 11) is 3.21. The fourth-order valence-corrected chi connectivity index (χ4v) is 2.88. The Labute approximate surface area is 158 Å². The summed E-state index contributed by atoms with van der Waals surface area (Å²) in [5.74, 6) is 2.08. The molecule has 0 unspecified atom stereocenters. The molecule has 6 nitrogen and oxygen atoms in total. The Morgan fingerprint density at radius 3 is 2.59 bits per heavy atom. The van der Waals surface area contributed by atoms with E-state index in [-0.39, 0.29) is 0 Å². The zero-order valence-electron chi connectivity index (χ0n) is 15.6. The molecule has 0 saturated heterocycles. The maximum atomic E-state index is 9.50. The monoisotopic (exact) mass is 363 g/mol. The second-order valence-corrected chi connectivity index (χ2v) is 5.81. The molecule has 1 N–H and O–H groups in total. The van der Waals surface area contributed by atoms with Gasteiger partial charge in [0.15, 0.2) is 11.5 Å². The Bertz CT molecular complexity index is 996. The molecular weight excluding hydrogens is 342 g/mol. The predicted octanol–water partition coefficient (Wildman–Crippen LogP) is 4.13. The number of benzene rings is 2. The third-order valence-corrected chi connectivity index (χ3v) is 4.19. The van der Waals surface area contributed by atoms with Gasteiger partial charge in [0, 0.05) is 18.1 Å². The van der Waals surface area contributed by atoms with E-state index in [0.717, 1.165) is 27.9 Å². The second kappa shape index (κ2) is 8.28. The molecule has 2 aromatic carbocycles. The predicted molar refractivity (Wildman–Crippen MR) is 104 cm³/mol. The third kappa shape index (κ3) is 3.87. The SMILES string of the molecule is CCOc1ccc2ncc(C#N)c(NCc3ccc(OC)c(OC)c3)c2c1. The standard InChI is InChI=1S/C21H21N3O3/c1-4-27-16-6-7-18-17(10-16)21(15(11-22)13-23-18)24-12-14-5-8-19(25-2)20(9-14)26-3/h5-10,13H,4,12H2,1-3H3,(H,23,24). The first-order chi connectivity index (χ1) is 13.2. The molecule has 0 atom stereocenters. The number of nitriles is 1. The summed E-state index contributed by atoms with van der Waals surface area (Å²) in [4.78, 5) is 4.36. The van der Waals surface area contributed by atoms with Crippen molar-refractivity contribution in [1.29, 1.82) is 5.26 Å². The molecule has 1 aromatic heterocycles. The number of hydrogen-bond acceptors (Lipinski definition) is 6. The normalized spacial score (nSPS) is 10.3. The van der Waals surface area contributed by atoms with Crippen LogP contribution in [0.5, 0.6) is 17.2 Å². The van der Waals surface area contributed by atoms with Gasteiger partial charge in [-0.2, -0.15) is 5.26 Å². The Hall–Kier alpha value is -3.46. The summed E-state index contributed by atoms with van der Waals surface area (Å²) < 4.78 is 16.2. The number of pyridine rings is 1. The van der Waals surface area contributed by atoms with Gasteiger partial charge in [-0.25, -0.2) is 0 Å². The Morgan fingerprint density at radius 2 is 1.89 bits per heavy atom. The van der Waals surface area contributed by atoms with Crippen LogP contribution in [0.1, 0.15) is 18.1 Å². The minimum Gasteiger partial charge on any atom is -0.494 e. The maximum Gasteiger partial charge on any atom is 0.161 e. The highest BCUT2D eigenvalue weighted by Gasteiger charge is 2.11. The van der Waals surface area contributed by atoms with Crippen molar-refractivity contribution in [3.8, 4) is 23.3 Å². The van der Waals surface area contributed by atoms with E-state index in [4.69, 9.17) is 14.2 Å². The molecule has 0 fully saturated rings. The Kier molecular flexibility index (Phi) is 5.62. The third-order valence-electron chi connectivity index (χ3n) is 4.19. The van der Waals surface area contributed by atoms with E-state index in [9.17, 15) is 5.26 Å².